The average molecular weight is 1680 g/mol. The number of carbonyl (C=O) groups is 3. The number of esters is 3. The molecule has 0 bridgehead atoms. The van der Waals surface area contributed by atoms with Gasteiger partial charge in [-0.1, -0.05) is 57.3 Å². The number of benzene rings is 5. The van der Waals surface area contributed by atoms with Crippen LogP contribution in [0, 0.1) is 14.8 Å². The molecule has 4 aromatic heterocycles. The summed E-state index contributed by atoms with van der Waals surface area (Å²) in [5.41, 5.74) is 8.50. The average Bonchev–Trinajstić information content (AvgIpc) is 1.90. The Hall–Kier alpha value is -6.37. The first-order valence-electron chi connectivity index (χ1n) is 27.8. The molecule has 0 fully saturated rings. The largest absolute Gasteiger partial charge is 0.460 e. The van der Waals surface area contributed by atoms with Crippen molar-refractivity contribution in [2.75, 3.05) is 119 Å². The quantitative estimate of drug-likeness (QED) is 0.0162. The minimum absolute atomic E-state index is 0.0443. The molecule has 27 nitrogen and oxygen atoms in total. The molecule has 0 aliphatic heterocycles. The lowest BCUT2D eigenvalue weighted by Crippen LogP contribution is -2.14. The second kappa shape index (κ2) is 34.9. The van der Waals surface area contributed by atoms with Gasteiger partial charge in [0, 0.05) is 22.3 Å². The van der Waals surface area contributed by atoms with E-state index in [0.717, 1.165) is 22.3 Å². The van der Waals surface area contributed by atoms with Crippen LogP contribution < -0.4 is 0 Å². The molecule has 0 atom stereocenters. The van der Waals surface area contributed by atoms with Crippen LogP contribution in [-0.2, 0) is 42.6 Å². The molecular weight excluding hydrogens is 1620 g/mol. The summed E-state index contributed by atoms with van der Waals surface area (Å²) >= 11 is 8.73. The Morgan fingerprint density at radius 1 is 0.322 bits per heavy atom. The van der Waals surface area contributed by atoms with Crippen LogP contribution in [0.5, 0.6) is 0 Å². The van der Waals surface area contributed by atoms with Crippen molar-refractivity contribution in [3.05, 3.63) is 147 Å². The second-order valence-electron chi connectivity index (χ2n) is 18.8. The van der Waals surface area contributed by atoms with Gasteiger partial charge in [-0.15, -0.1) is 20.4 Å². The van der Waals surface area contributed by atoms with E-state index in [1.54, 1.807) is 79.4 Å². The monoisotopic (exact) mass is 1680 g/mol. The predicted octanol–water partition coefficient (Wildman–Crippen LogP) is 6.64. The van der Waals surface area contributed by atoms with E-state index in [2.05, 4.69) is 132 Å². The van der Waals surface area contributed by atoms with E-state index in [4.69, 9.17) is 58.0 Å². The zero-order valence-corrected chi connectivity index (χ0v) is 56.4. The van der Waals surface area contributed by atoms with E-state index < -0.39 is 17.9 Å². The predicted molar refractivity (Wildman–Crippen MR) is 356 cm³/mol. The Bertz CT molecular complexity index is 3600. The van der Waals surface area contributed by atoms with Gasteiger partial charge in [0.2, 0.25) is 0 Å². The molecule has 0 amide bonds. The van der Waals surface area contributed by atoms with Crippen LogP contribution in [0.1, 0.15) is 31.1 Å². The van der Waals surface area contributed by atoms with Crippen molar-refractivity contribution in [3.8, 4) is 67.8 Å². The summed E-state index contributed by atoms with van der Waals surface area (Å²) in [4.78, 5) is 39.4. The number of ether oxygens (including phenoxy) is 9. The highest BCUT2D eigenvalue weighted by atomic mass is 127. The molecule has 0 aliphatic carbocycles. The first-order chi connectivity index (χ1) is 44.0. The van der Waals surface area contributed by atoms with Gasteiger partial charge in [0.05, 0.1) is 139 Å². The van der Waals surface area contributed by atoms with Gasteiger partial charge in [0.25, 0.3) is 0 Å². The third-order valence-electron chi connectivity index (χ3n) is 12.8. The summed E-state index contributed by atoms with van der Waals surface area (Å²) in [7, 11) is 0. The number of hydrogen-bond donors (Lipinski definition) is 3. The Labute approximate surface area is 569 Å². The molecule has 0 unspecified atom stereocenters. The number of aromatic nitrogens is 12. The zero-order valence-electron chi connectivity index (χ0n) is 47.8. The third kappa shape index (κ3) is 18.0. The van der Waals surface area contributed by atoms with Crippen LogP contribution in [0.15, 0.2) is 115 Å². The smallest absolute Gasteiger partial charge is 0.338 e. The standard InChI is InChI=1S/C59H58I4N12O15/c60-53-49(64-68-72(53)45-11-7-38(8-12-45)57(79)88-30-27-85-24-21-82-18-15-76)40-3-1-5-42(33-40)51-55(62)74(70-66-51)47-35-44(59(81)90-32-29-87-26-23-84-20-17-78)36-48(37-47)75-56(63)52(67-71-75)43-6-2-4-41(34-43)50-54(61)73(69-65-50)46-13-9-39(10-14-46)58(80)89-31-28-86-25-22-83-19-16-77/h1-14,33-37,76-78H,15-32H2. The van der Waals surface area contributed by atoms with Gasteiger partial charge in [-0.2, -0.15) is 0 Å². The van der Waals surface area contributed by atoms with Crippen molar-refractivity contribution >= 4 is 108 Å². The number of rotatable bonds is 35. The molecule has 9 rings (SSSR count). The van der Waals surface area contributed by atoms with Crippen LogP contribution in [0.2, 0.25) is 0 Å². The van der Waals surface area contributed by atoms with E-state index in [1.165, 1.54) is 0 Å². The maximum atomic E-state index is 13.9. The minimum Gasteiger partial charge on any atom is -0.460 e. The highest BCUT2D eigenvalue weighted by Gasteiger charge is 2.24. The number of hydrogen-bond acceptors (Lipinski definition) is 23. The molecule has 9 aromatic rings. The van der Waals surface area contributed by atoms with Crippen molar-refractivity contribution < 1.29 is 72.3 Å². The van der Waals surface area contributed by atoms with Gasteiger partial charge in [-0.25, -0.2) is 33.1 Å². The lowest BCUT2D eigenvalue weighted by Gasteiger charge is -2.12. The van der Waals surface area contributed by atoms with Crippen molar-refractivity contribution in [1.29, 1.82) is 0 Å². The minimum atomic E-state index is -0.627. The molecule has 4 heterocycles. The maximum absolute atomic E-state index is 13.9. The Morgan fingerprint density at radius 3 is 0.889 bits per heavy atom. The fraction of sp³-hybridized carbons (Fsp3) is 0.305. The van der Waals surface area contributed by atoms with Crippen molar-refractivity contribution in [3.63, 3.8) is 0 Å². The third-order valence-corrected chi connectivity index (χ3v) is 16.7. The first kappa shape index (κ1) is 68.0. The Morgan fingerprint density at radius 2 is 0.589 bits per heavy atom. The lowest BCUT2D eigenvalue weighted by molar-refractivity contribution is 0.00901. The summed E-state index contributed by atoms with van der Waals surface area (Å²) in [5.74, 6) is -1.62. The van der Waals surface area contributed by atoms with Crippen LogP contribution in [-0.4, -0.2) is 212 Å². The van der Waals surface area contributed by atoms with Gasteiger partial charge < -0.3 is 58.0 Å². The van der Waals surface area contributed by atoms with Crippen LogP contribution in [0.3, 0.4) is 0 Å². The fourth-order valence-electron chi connectivity index (χ4n) is 8.50. The van der Waals surface area contributed by atoms with Crippen LogP contribution in [0.4, 0.5) is 0 Å². The molecular formula is C59H58I4N12O15. The van der Waals surface area contributed by atoms with E-state index in [1.807, 2.05) is 54.6 Å². The molecule has 5 aromatic carbocycles. The molecule has 0 saturated carbocycles. The lowest BCUT2D eigenvalue weighted by atomic mass is 10.1. The summed E-state index contributed by atoms with van der Waals surface area (Å²) < 4.78 is 57.6. The highest BCUT2D eigenvalue weighted by molar-refractivity contribution is 14.1. The van der Waals surface area contributed by atoms with Gasteiger partial charge in [0.15, 0.2) is 0 Å². The van der Waals surface area contributed by atoms with Crippen LogP contribution in [0.25, 0.3) is 67.8 Å². The molecule has 31 heteroatoms. The SMILES string of the molecule is O=C(OCCOCCOCCO)c1ccc(-n2nnc(-c3cccc(-c4nnn(-c5cc(C(=O)OCCOCCOCCO)cc(-n6nnc(-c7cccc(-c8nnn(-c9ccc(C(=O)OCCOCCOCCO)cc9)c8I)c7)c6I)c5)c4I)c3)c2I)cc1. The molecule has 472 valence electrons. The van der Waals surface area contributed by atoms with E-state index >= 15 is 0 Å². The number of aliphatic hydroxyl groups is 3. The van der Waals surface area contributed by atoms with E-state index in [9.17, 15) is 14.4 Å². The van der Waals surface area contributed by atoms with Gasteiger partial charge >= 0.3 is 17.9 Å². The summed E-state index contributed by atoms with van der Waals surface area (Å²) in [5, 5.41) is 63.0. The zero-order chi connectivity index (χ0) is 63.2. The Kier molecular flexibility index (Phi) is 26.4. The molecule has 3 N–H and O–H groups in total. The van der Waals surface area contributed by atoms with Crippen molar-refractivity contribution in [2.45, 2.75) is 0 Å². The summed E-state index contributed by atoms with van der Waals surface area (Å²) in [6.07, 6.45) is 0. The number of carbonyl (C=O) groups excluding carboxylic acids is 3. The molecule has 0 spiro atoms. The fourth-order valence-corrected chi connectivity index (χ4v) is 11.7. The highest BCUT2D eigenvalue weighted by Crippen LogP contribution is 2.34. The molecule has 0 radical (unpaired) electrons. The summed E-state index contributed by atoms with van der Waals surface area (Å²) in [6, 6.07) is 34.1. The number of nitrogens with zero attached hydrogens (tertiary/aromatic N) is 12. The van der Waals surface area contributed by atoms with Crippen molar-refractivity contribution in [1.82, 2.24) is 60.0 Å². The van der Waals surface area contributed by atoms with Gasteiger partial charge in [0.1, 0.15) is 57.4 Å². The first-order valence-corrected chi connectivity index (χ1v) is 32.1. The number of halogens is 4. The molecule has 90 heavy (non-hydrogen) atoms. The number of aliphatic hydroxyl groups excluding tert-OH is 3. The van der Waals surface area contributed by atoms with Crippen molar-refractivity contribution in [2.24, 2.45) is 0 Å². The summed E-state index contributed by atoms with van der Waals surface area (Å²) in [6.45, 7) is 2.88. The second-order valence-corrected chi connectivity index (χ2v) is 22.9. The van der Waals surface area contributed by atoms with E-state index in [0.29, 0.717) is 97.9 Å². The topological polar surface area (TPSA) is 318 Å². The van der Waals surface area contributed by atoms with Crippen LogP contribution >= 0.6 is 90.4 Å². The van der Waals surface area contributed by atoms with E-state index in [-0.39, 0.29) is 98.1 Å². The molecule has 0 saturated heterocycles. The normalized spacial score (nSPS) is 11.4. The molecule has 0 aliphatic rings. The maximum Gasteiger partial charge on any atom is 0.338 e. The Balaban J connectivity index is 0.916. The van der Waals surface area contributed by atoms with Gasteiger partial charge in [-0.05, 0) is 169 Å². The van der Waals surface area contributed by atoms with Gasteiger partial charge in [-0.3, -0.25) is 0 Å².